The number of anilines is 1. The maximum absolute atomic E-state index is 13.4. The average Bonchev–Trinajstić information content (AvgIpc) is 3.62. The van der Waals surface area contributed by atoms with E-state index in [1.807, 2.05) is 0 Å². The number of aromatic nitrogens is 3. The van der Waals surface area contributed by atoms with Crippen molar-refractivity contribution in [1.82, 2.24) is 25.4 Å². The van der Waals surface area contributed by atoms with Gasteiger partial charge in [0.05, 0.1) is 0 Å². The van der Waals surface area contributed by atoms with Crippen LogP contribution in [0.2, 0.25) is 0 Å². The Morgan fingerprint density at radius 1 is 1.24 bits per heavy atom. The first kappa shape index (κ1) is 32.3. The van der Waals surface area contributed by atoms with E-state index in [1.54, 1.807) is 6.92 Å². The van der Waals surface area contributed by atoms with Crippen LogP contribution in [0.15, 0.2) is 49.2 Å². The second-order valence-electron chi connectivity index (χ2n) is 9.05. The number of benzene rings is 1. The number of aryl methyl sites for hydroxylation is 1. The van der Waals surface area contributed by atoms with E-state index >= 15 is 0 Å². The second kappa shape index (κ2) is 13.5. The first-order valence-electron chi connectivity index (χ1n) is 12.4. The normalized spacial score (nSPS) is 18.6. The Balaban J connectivity index is 1.32. The van der Waals surface area contributed by atoms with Crippen molar-refractivity contribution in [3.05, 3.63) is 45.6 Å². The number of carboxylic acid groups (broad SMARTS) is 2. The summed E-state index contributed by atoms with van der Waals surface area (Å²) in [6, 6.07) is 2.50. The number of phenolic OH excluding ortho intramolecular Hbond substituents is 2. The highest BCUT2D eigenvalue weighted by atomic mass is 32.2. The molecule has 21 heteroatoms. The largest absolute Gasteiger partial charge is 0.504 e. The second-order valence-corrected chi connectivity index (χ2v) is 14.6. The molecule has 2 amide bonds. The number of hydrogen-bond acceptors (Lipinski definition) is 17. The zero-order chi connectivity index (χ0) is 32.4. The van der Waals surface area contributed by atoms with Crippen LogP contribution in [0.1, 0.15) is 10.7 Å². The van der Waals surface area contributed by atoms with Crippen molar-refractivity contribution in [1.29, 1.82) is 0 Å². The quantitative estimate of drug-likeness (QED) is 0.0391. The van der Waals surface area contributed by atoms with Crippen LogP contribution in [0.4, 0.5) is 5.13 Å². The minimum Gasteiger partial charge on any atom is -0.504 e. The molecule has 3 aromatic rings. The molecule has 0 radical (unpaired) electrons. The number of thiazole rings is 1. The maximum atomic E-state index is 13.4. The summed E-state index contributed by atoms with van der Waals surface area (Å²) in [4.78, 5) is 61.2. The number of nitrogen functional groups attached to an aromatic ring is 1. The first-order valence-corrected chi connectivity index (χ1v) is 17.0. The number of carbonyl (C=O) groups excluding carboxylic acids is 2. The summed E-state index contributed by atoms with van der Waals surface area (Å²) in [7, 11) is 0. The van der Waals surface area contributed by atoms with Gasteiger partial charge in [0.25, 0.3) is 17.3 Å². The SMILES string of the molecule is Cc1nnc(SCC2=C(C(=O)O)N3C(=O)[C@@H](NC(=O)/C(=N\O[C@H](Sc4ccc(O)c(O)c4)C(=O)O)c4csc(N)n4)[C@@H]3SC2)s1. The molecule has 4 heterocycles. The number of nitrogens with one attached hydrogen (secondary N) is 1. The van der Waals surface area contributed by atoms with Crippen LogP contribution < -0.4 is 11.1 Å². The van der Waals surface area contributed by atoms with Crippen LogP contribution in [0, 0.1) is 6.92 Å². The summed E-state index contributed by atoms with van der Waals surface area (Å²) < 4.78 is 0.665. The molecule has 0 unspecified atom stereocenters. The Hall–Kier alpha value is -4.05. The third-order valence-electron chi connectivity index (χ3n) is 6.02. The lowest BCUT2D eigenvalue weighted by Crippen LogP contribution is -2.71. The van der Waals surface area contributed by atoms with Gasteiger partial charge in [-0.3, -0.25) is 14.5 Å². The molecule has 0 saturated carbocycles. The highest BCUT2D eigenvalue weighted by molar-refractivity contribution is 8.02. The van der Waals surface area contributed by atoms with Crippen molar-refractivity contribution >= 4 is 92.6 Å². The number of nitrogens with zero attached hydrogens (tertiary/aromatic N) is 5. The zero-order valence-corrected chi connectivity index (χ0v) is 26.7. The van der Waals surface area contributed by atoms with Gasteiger partial charge in [0.15, 0.2) is 26.7 Å². The summed E-state index contributed by atoms with van der Waals surface area (Å²) in [5.41, 5.74) is 3.85. The van der Waals surface area contributed by atoms with Crippen molar-refractivity contribution < 1.29 is 44.4 Å². The summed E-state index contributed by atoms with van der Waals surface area (Å²) in [5, 5.41) is 54.6. The zero-order valence-electron chi connectivity index (χ0n) is 22.6. The average molecular weight is 712 g/mol. The van der Waals surface area contributed by atoms with Crippen molar-refractivity contribution in [2.75, 3.05) is 17.2 Å². The molecular formula is C24H21N7O9S5. The van der Waals surface area contributed by atoms with Gasteiger partial charge in [0.1, 0.15) is 27.8 Å². The topological polar surface area (TPSA) is 251 Å². The first-order chi connectivity index (χ1) is 21.4. The molecule has 1 fully saturated rings. The molecule has 5 rings (SSSR count). The number of nitrogens with two attached hydrogens (primary N) is 1. The van der Waals surface area contributed by atoms with Gasteiger partial charge in [-0.2, -0.15) is 0 Å². The molecule has 236 valence electrons. The Morgan fingerprint density at radius 3 is 2.64 bits per heavy atom. The predicted octanol–water partition coefficient (Wildman–Crippen LogP) is 1.75. The fourth-order valence-corrected chi connectivity index (χ4v) is 8.62. The van der Waals surface area contributed by atoms with E-state index in [0.717, 1.165) is 33.4 Å². The van der Waals surface area contributed by atoms with Gasteiger partial charge in [-0.05, 0) is 30.7 Å². The summed E-state index contributed by atoms with van der Waals surface area (Å²) in [5.74, 6) is -4.68. The molecule has 16 nitrogen and oxygen atoms in total. The van der Waals surface area contributed by atoms with Gasteiger partial charge in [-0.25, -0.2) is 14.6 Å². The number of carboxylic acids is 2. The number of aromatic hydroxyl groups is 2. The van der Waals surface area contributed by atoms with Crippen LogP contribution in [-0.4, -0.2) is 98.3 Å². The molecule has 7 N–H and O–H groups in total. The number of fused-ring (bicyclic) bond motifs is 1. The van der Waals surface area contributed by atoms with E-state index in [9.17, 15) is 39.6 Å². The molecule has 2 aliphatic heterocycles. The monoisotopic (exact) mass is 711 g/mol. The van der Waals surface area contributed by atoms with Gasteiger partial charge in [-0.1, -0.05) is 40.0 Å². The van der Waals surface area contributed by atoms with E-state index in [1.165, 1.54) is 46.3 Å². The van der Waals surface area contributed by atoms with Gasteiger partial charge >= 0.3 is 11.9 Å². The third kappa shape index (κ3) is 7.11. The molecular weight excluding hydrogens is 691 g/mol. The molecule has 3 atom stereocenters. The lowest BCUT2D eigenvalue weighted by atomic mass is 10.0. The maximum Gasteiger partial charge on any atom is 0.358 e. The molecule has 1 saturated heterocycles. The van der Waals surface area contributed by atoms with Crippen LogP contribution in [0.3, 0.4) is 0 Å². The van der Waals surface area contributed by atoms with Crippen molar-refractivity contribution in [3.63, 3.8) is 0 Å². The summed E-state index contributed by atoms with van der Waals surface area (Å²) in [6.45, 7) is 1.80. The van der Waals surface area contributed by atoms with Crippen LogP contribution in [0.5, 0.6) is 11.5 Å². The lowest BCUT2D eigenvalue weighted by molar-refractivity contribution is -0.150. The van der Waals surface area contributed by atoms with Crippen LogP contribution in [-0.2, 0) is 24.0 Å². The van der Waals surface area contributed by atoms with Crippen molar-refractivity contribution in [3.8, 4) is 11.5 Å². The fourth-order valence-electron chi connectivity index (χ4n) is 4.01. The summed E-state index contributed by atoms with van der Waals surface area (Å²) in [6.07, 6.45) is 0. The minimum atomic E-state index is -1.70. The van der Waals surface area contributed by atoms with Gasteiger partial charge in [-0.15, -0.1) is 33.3 Å². The Bertz CT molecular complexity index is 1740. The van der Waals surface area contributed by atoms with Crippen molar-refractivity contribution in [2.24, 2.45) is 5.16 Å². The van der Waals surface area contributed by atoms with E-state index in [4.69, 9.17) is 10.6 Å². The van der Waals surface area contributed by atoms with E-state index in [-0.39, 0.29) is 32.9 Å². The Morgan fingerprint density at radius 2 is 2.02 bits per heavy atom. The number of phenols is 2. The predicted molar refractivity (Wildman–Crippen MR) is 166 cm³/mol. The molecule has 0 bridgehead atoms. The molecule has 0 aliphatic carbocycles. The highest BCUT2D eigenvalue weighted by Gasteiger charge is 2.54. The number of amides is 2. The van der Waals surface area contributed by atoms with Crippen LogP contribution >= 0.6 is 58.0 Å². The number of rotatable bonds is 12. The lowest BCUT2D eigenvalue weighted by Gasteiger charge is -2.49. The molecule has 0 spiro atoms. The van der Waals surface area contributed by atoms with E-state index < -0.39 is 57.8 Å². The molecule has 45 heavy (non-hydrogen) atoms. The number of aliphatic carboxylic acids is 2. The molecule has 1 aromatic carbocycles. The molecule has 2 aromatic heterocycles. The number of carbonyl (C=O) groups is 4. The van der Waals surface area contributed by atoms with E-state index in [0.29, 0.717) is 21.7 Å². The highest BCUT2D eigenvalue weighted by Crippen LogP contribution is 2.42. The minimum absolute atomic E-state index is 0.0521. The number of thioether (sulfide) groups is 3. The summed E-state index contributed by atoms with van der Waals surface area (Å²) >= 11 is 5.55. The fraction of sp³-hybridized carbons (Fsp3) is 0.250. The number of oxime groups is 1. The van der Waals surface area contributed by atoms with Gasteiger partial charge in [0.2, 0.25) is 0 Å². The Labute approximate surface area is 273 Å². The Kier molecular flexibility index (Phi) is 9.72. The molecule has 2 aliphatic rings. The van der Waals surface area contributed by atoms with Crippen LogP contribution in [0.25, 0.3) is 0 Å². The number of β-lactam (4-membered cyclic amide) rings is 1. The van der Waals surface area contributed by atoms with Gasteiger partial charge in [0, 0.05) is 21.8 Å². The van der Waals surface area contributed by atoms with Crippen molar-refractivity contribution in [2.45, 2.75) is 33.0 Å². The smallest absolute Gasteiger partial charge is 0.358 e. The van der Waals surface area contributed by atoms with E-state index in [2.05, 4.69) is 25.7 Å². The van der Waals surface area contributed by atoms with Gasteiger partial charge < -0.3 is 36.3 Å². The standard InChI is InChI=1S/C24H21N7O9S5/c1-8-28-29-24(44-8)43-6-9-5-41-19-15(18(35)31(19)16(9)20(36)37)27-17(34)14(11-7-42-23(25)26-11)30-40-22(21(38)39)45-10-2-3-12(32)13(33)4-10/h2-4,7,15,19,22,32-33H,5-6H2,1H3,(H2,25,26)(H,27,34)(H,36,37)(H,38,39)/b30-14-/t15-,19+,22-/m1/s1. The third-order valence-corrected chi connectivity index (χ3v) is 11.1. The number of hydrogen-bond donors (Lipinski definition) is 6.